The number of aliphatic carboxylic acids is 1. The van der Waals surface area contributed by atoms with Gasteiger partial charge >= 0.3 is 11.9 Å². The van der Waals surface area contributed by atoms with Crippen LogP contribution in [0.4, 0.5) is 0 Å². The highest BCUT2D eigenvalue weighted by Gasteiger charge is 2.47. The maximum atomic E-state index is 12.0. The maximum Gasteiger partial charge on any atom is 0.309 e. The third kappa shape index (κ3) is 4.66. The summed E-state index contributed by atoms with van der Waals surface area (Å²) in [7, 11) is 0. The van der Waals surface area contributed by atoms with Crippen LogP contribution in [-0.2, 0) is 14.3 Å². The van der Waals surface area contributed by atoms with Crippen molar-refractivity contribution in [2.45, 2.75) is 78.9 Å². The van der Waals surface area contributed by atoms with E-state index in [1.807, 2.05) is 13.8 Å². The van der Waals surface area contributed by atoms with Gasteiger partial charge in [0.2, 0.25) is 0 Å². The van der Waals surface area contributed by atoms with Crippen molar-refractivity contribution < 1.29 is 24.5 Å². The van der Waals surface area contributed by atoms with Gasteiger partial charge in [0.15, 0.2) is 0 Å². The first kappa shape index (κ1) is 23.1. The molecule has 1 aliphatic heterocycles. The summed E-state index contributed by atoms with van der Waals surface area (Å²) in [4.78, 5) is 23.7. The molecule has 1 heterocycles. The molecule has 5 heteroatoms. The first-order valence-electron chi connectivity index (χ1n) is 11.5. The number of cyclic esters (lactones) is 1. The van der Waals surface area contributed by atoms with Crippen LogP contribution < -0.4 is 0 Å². The van der Waals surface area contributed by atoms with E-state index >= 15 is 0 Å². The van der Waals surface area contributed by atoms with E-state index in [1.54, 1.807) is 0 Å². The predicted octanol–water partition coefficient (Wildman–Crippen LogP) is 4.60. The van der Waals surface area contributed by atoms with Crippen molar-refractivity contribution in [3.63, 3.8) is 0 Å². The lowest BCUT2D eigenvalue weighted by atomic mass is 9.56. The third-order valence-electron chi connectivity index (χ3n) is 8.09. The van der Waals surface area contributed by atoms with Crippen molar-refractivity contribution in [1.82, 2.24) is 0 Å². The number of hydrogen-bond acceptors (Lipinski definition) is 4. The van der Waals surface area contributed by atoms with Crippen molar-refractivity contribution in [3.8, 4) is 0 Å². The van der Waals surface area contributed by atoms with Gasteiger partial charge in [0.25, 0.3) is 0 Å². The zero-order valence-corrected chi connectivity index (χ0v) is 19.0. The van der Waals surface area contributed by atoms with Gasteiger partial charge in [0.05, 0.1) is 17.9 Å². The number of fused-ring (bicyclic) bond motifs is 1. The summed E-state index contributed by atoms with van der Waals surface area (Å²) in [6.07, 6.45) is 9.32. The van der Waals surface area contributed by atoms with Gasteiger partial charge in [0.1, 0.15) is 6.10 Å². The van der Waals surface area contributed by atoms with E-state index in [-0.39, 0.29) is 24.4 Å². The molecule has 0 radical (unpaired) electrons. The Labute approximate surface area is 180 Å². The Kier molecular flexibility index (Phi) is 6.81. The summed E-state index contributed by atoms with van der Waals surface area (Å²) in [6.45, 7) is 10.3. The molecular formula is C25H38O5. The molecule has 0 aromatic rings. The first-order valence-corrected chi connectivity index (χ1v) is 11.5. The van der Waals surface area contributed by atoms with E-state index in [4.69, 9.17) is 4.74 Å². The molecule has 1 saturated heterocycles. The molecule has 5 nitrogen and oxygen atoms in total. The van der Waals surface area contributed by atoms with Crippen LogP contribution in [0.1, 0.15) is 66.7 Å². The summed E-state index contributed by atoms with van der Waals surface area (Å²) in [5.41, 5.74) is 0.556. The quantitative estimate of drug-likeness (QED) is 0.616. The lowest BCUT2D eigenvalue weighted by Crippen LogP contribution is -2.44. The van der Waals surface area contributed by atoms with Gasteiger partial charge in [-0.3, -0.25) is 9.59 Å². The first-order chi connectivity index (χ1) is 14.0. The topological polar surface area (TPSA) is 83.8 Å². The molecule has 3 aliphatic rings. The summed E-state index contributed by atoms with van der Waals surface area (Å²) in [6, 6.07) is 0. The molecule has 8 atom stereocenters. The fraction of sp³-hybridized carbons (Fsp3) is 0.760. The number of carboxylic acid groups (broad SMARTS) is 1. The van der Waals surface area contributed by atoms with Gasteiger partial charge in [-0.2, -0.15) is 0 Å². The molecule has 1 fully saturated rings. The standard InChI is InChI=1S/C25H38O5/c1-14-10-17-7-6-15(2)20(9-8-19-12-18(26)13-22(27)30-19)23(17)21(11-14)16(3)25(4,5)24(28)29/h6-7,10,14-16,18-21,23,26H,8-9,11-13H2,1-5H3,(H,28,29)/t14-,15+,16?,18+,19+,20-,21-,23+/m0/s1. The van der Waals surface area contributed by atoms with E-state index in [2.05, 4.69) is 39.0 Å². The minimum atomic E-state index is -0.787. The number of esters is 1. The van der Waals surface area contributed by atoms with Gasteiger partial charge in [0, 0.05) is 6.42 Å². The van der Waals surface area contributed by atoms with Crippen molar-refractivity contribution in [1.29, 1.82) is 0 Å². The molecule has 0 spiro atoms. The second-order valence-electron chi connectivity index (χ2n) is 10.5. The minimum Gasteiger partial charge on any atom is -0.481 e. The monoisotopic (exact) mass is 418 g/mol. The number of aliphatic hydroxyl groups excluding tert-OH is 1. The minimum absolute atomic E-state index is 0.0432. The maximum absolute atomic E-state index is 12.0. The Morgan fingerprint density at radius 3 is 2.60 bits per heavy atom. The molecule has 0 amide bonds. The zero-order valence-electron chi connectivity index (χ0n) is 19.0. The normalized spacial score (nSPS) is 37.7. The summed E-state index contributed by atoms with van der Waals surface area (Å²) < 4.78 is 5.49. The molecule has 3 rings (SSSR count). The molecule has 1 unspecified atom stereocenters. The van der Waals surface area contributed by atoms with Gasteiger partial charge in [-0.25, -0.2) is 0 Å². The Bertz CT molecular complexity index is 721. The molecule has 2 N–H and O–H groups in total. The Morgan fingerprint density at radius 1 is 1.27 bits per heavy atom. The average Bonchev–Trinajstić information content (AvgIpc) is 2.65. The van der Waals surface area contributed by atoms with Crippen molar-refractivity contribution in [2.24, 2.45) is 40.9 Å². The molecular weight excluding hydrogens is 380 g/mol. The summed E-state index contributed by atoms with van der Waals surface area (Å²) >= 11 is 0. The molecule has 0 saturated carbocycles. The average molecular weight is 419 g/mol. The number of carbonyl (C=O) groups excluding carboxylic acids is 1. The van der Waals surface area contributed by atoms with Gasteiger partial charge < -0.3 is 14.9 Å². The number of allylic oxidation sites excluding steroid dienone is 4. The van der Waals surface area contributed by atoms with E-state index in [9.17, 15) is 19.8 Å². The van der Waals surface area contributed by atoms with Crippen LogP contribution in [0, 0.1) is 40.9 Å². The summed E-state index contributed by atoms with van der Waals surface area (Å²) in [5.74, 6) is 0.802. The van der Waals surface area contributed by atoms with Crippen molar-refractivity contribution in [3.05, 3.63) is 23.8 Å². The smallest absolute Gasteiger partial charge is 0.309 e. The third-order valence-corrected chi connectivity index (χ3v) is 8.09. The van der Waals surface area contributed by atoms with Crippen LogP contribution in [0.2, 0.25) is 0 Å². The lowest BCUT2D eigenvalue weighted by Gasteiger charge is -2.48. The molecule has 0 bridgehead atoms. The number of hydrogen-bond donors (Lipinski definition) is 2. The zero-order chi connectivity index (χ0) is 22.2. The van der Waals surface area contributed by atoms with Crippen LogP contribution >= 0.6 is 0 Å². The van der Waals surface area contributed by atoms with Crippen LogP contribution in [0.15, 0.2) is 23.8 Å². The molecule has 168 valence electrons. The molecule has 2 aliphatic carbocycles. The van der Waals surface area contributed by atoms with Crippen LogP contribution in [0.25, 0.3) is 0 Å². The fourth-order valence-corrected chi connectivity index (χ4v) is 5.90. The highest BCUT2D eigenvalue weighted by molar-refractivity contribution is 5.74. The Balaban J connectivity index is 1.83. The SMILES string of the molecule is CC([C@@H]1C[C@@H](C)C=C2C=C[C@@H](C)[C@H](CC[C@@H]3C[C@@H](O)CC(=O)O3)[C@@H]21)C(C)(C)C(=O)O. The number of ether oxygens (including phenoxy) is 1. The van der Waals surface area contributed by atoms with Crippen LogP contribution in [-0.4, -0.2) is 34.4 Å². The molecule has 0 aromatic heterocycles. The predicted molar refractivity (Wildman–Crippen MR) is 116 cm³/mol. The molecule has 30 heavy (non-hydrogen) atoms. The van der Waals surface area contributed by atoms with E-state index in [1.165, 1.54) is 5.57 Å². The van der Waals surface area contributed by atoms with Crippen LogP contribution in [0.5, 0.6) is 0 Å². The second-order valence-corrected chi connectivity index (χ2v) is 10.5. The van der Waals surface area contributed by atoms with E-state index in [0.29, 0.717) is 36.0 Å². The number of rotatable bonds is 6. The van der Waals surface area contributed by atoms with E-state index in [0.717, 1.165) is 19.3 Å². The highest BCUT2D eigenvalue weighted by Crippen LogP contribution is 2.52. The highest BCUT2D eigenvalue weighted by atomic mass is 16.5. The van der Waals surface area contributed by atoms with Crippen molar-refractivity contribution in [2.75, 3.05) is 0 Å². The second kappa shape index (κ2) is 8.86. The molecule has 0 aromatic carbocycles. The van der Waals surface area contributed by atoms with Gasteiger partial charge in [-0.1, -0.05) is 39.0 Å². The number of aliphatic hydroxyl groups is 1. The Hall–Kier alpha value is -1.62. The largest absolute Gasteiger partial charge is 0.481 e. The Morgan fingerprint density at radius 2 is 1.97 bits per heavy atom. The number of carbonyl (C=O) groups is 2. The van der Waals surface area contributed by atoms with Crippen LogP contribution in [0.3, 0.4) is 0 Å². The van der Waals surface area contributed by atoms with Crippen molar-refractivity contribution >= 4 is 11.9 Å². The lowest BCUT2D eigenvalue weighted by molar-refractivity contribution is -0.160. The number of carboxylic acids is 1. The summed E-state index contributed by atoms with van der Waals surface area (Å²) in [5, 5.41) is 19.8. The van der Waals surface area contributed by atoms with Gasteiger partial charge in [-0.05, 0) is 74.2 Å². The van der Waals surface area contributed by atoms with Gasteiger partial charge in [-0.15, -0.1) is 0 Å². The van der Waals surface area contributed by atoms with E-state index < -0.39 is 17.5 Å². The fourth-order valence-electron chi connectivity index (χ4n) is 5.90.